The quantitative estimate of drug-likeness (QED) is 0.102. The second-order valence-corrected chi connectivity index (χ2v) is 24.0. The third-order valence-electron chi connectivity index (χ3n) is 14.5. The summed E-state index contributed by atoms with van der Waals surface area (Å²) < 4.78 is 83.9. The Morgan fingerprint density at radius 3 is 1.96 bits per heavy atom. The molecule has 0 radical (unpaired) electrons. The van der Waals surface area contributed by atoms with Crippen LogP contribution in [0.3, 0.4) is 0 Å². The van der Waals surface area contributed by atoms with Crippen LogP contribution in [0, 0.1) is 5.92 Å². The third kappa shape index (κ3) is 10.6. The Bertz CT molecular complexity index is 3920. The Morgan fingerprint density at radius 2 is 1.28 bits per heavy atom. The van der Waals surface area contributed by atoms with E-state index in [1.807, 2.05) is 102 Å². The lowest BCUT2D eigenvalue weighted by molar-refractivity contribution is 0.471. The van der Waals surface area contributed by atoms with Gasteiger partial charge in [0.05, 0.1) is 39.1 Å². The van der Waals surface area contributed by atoms with Crippen molar-refractivity contribution in [3.63, 3.8) is 0 Å². The summed E-state index contributed by atoms with van der Waals surface area (Å²) in [6.45, 7) is 25.5. The van der Waals surface area contributed by atoms with Crippen LogP contribution in [0.1, 0.15) is 148 Å². The maximum absolute atomic E-state index is 9.99. The number of aromatic nitrogens is 2. The van der Waals surface area contributed by atoms with Crippen molar-refractivity contribution in [3.8, 4) is 39.6 Å². The minimum Gasteiger partial charge on any atom is -0.457 e. The first-order valence-electron chi connectivity index (χ1n) is 31.0. The van der Waals surface area contributed by atoms with Crippen molar-refractivity contribution >= 4 is 44.6 Å². The van der Waals surface area contributed by atoms with Gasteiger partial charge in [0.25, 0.3) is 0 Å². The fourth-order valence-corrected chi connectivity index (χ4v) is 10.4. The molecule has 0 saturated carbocycles. The zero-order chi connectivity index (χ0) is 59.8. The van der Waals surface area contributed by atoms with Gasteiger partial charge in [-0.1, -0.05) is 193 Å². The summed E-state index contributed by atoms with van der Waals surface area (Å²) in [5.41, 5.74) is 9.37. The number of hydrogen-bond donors (Lipinski definition) is 0. The van der Waals surface area contributed by atoms with Crippen LogP contribution in [-0.2, 0) is 29.1 Å². The second-order valence-electron chi connectivity index (χ2n) is 24.0. The van der Waals surface area contributed by atoms with Gasteiger partial charge >= 0.3 is 0 Å². The largest absolute Gasteiger partial charge is 0.457 e. The first-order chi connectivity index (χ1) is 39.2. The van der Waals surface area contributed by atoms with Gasteiger partial charge in [0.15, 0.2) is 0 Å². The van der Waals surface area contributed by atoms with Crippen molar-refractivity contribution in [1.29, 1.82) is 0 Å². The van der Waals surface area contributed by atoms with Gasteiger partial charge in [-0.25, -0.2) is 4.98 Å². The van der Waals surface area contributed by atoms with Crippen molar-refractivity contribution in [1.82, 2.24) is 9.55 Å². The van der Waals surface area contributed by atoms with Crippen LogP contribution in [0.4, 0.5) is 22.7 Å². The average Bonchev–Trinajstić information content (AvgIpc) is 2.04. The number of rotatable bonds is 14. The molecule has 3 heterocycles. The number of fused-ring (bicyclic) bond motifs is 4. The van der Waals surface area contributed by atoms with E-state index in [4.69, 9.17) is 13.8 Å². The molecule has 0 amide bonds. The Labute approximate surface area is 459 Å². The lowest BCUT2D eigenvalue weighted by Gasteiger charge is -2.29. The van der Waals surface area contributed by atoms with Gasteiger partial charge in [-0.2, -0.15) is 0 Å². The fourth-order valence-electron chi connectivity index (χ4n) is 10.4. The number of para-hydroxylation sites is 3. The zero-order valence-electron chi connectivity index (χ0n) is 54.2. The van der Waals surface area contributed by atoms with Crippen molar-refractivity contribution in [3.05, 3.63) is 192 Å². The Kier molecular flexibility index (Phi) is 11.5. The number of anilines is 4. The minimum atomic E-state index is -0.655. The molecule has 0 atom stereocenters. The molecule has 9 aromatic rings. The molecule has 0 aliphatic carbocycles. The van der Waals surface area contributed by atoms with Crippen LogP contribution in [0.25, 0.3) is 49.9 Å². The molecule has 384 valence electrons. The van der Waals surface area contributed by atoms with E-state index in [0.717, 1.165) is 69.9 Å². The van der Waals surface area contributed by atoms with Gasteiger partial charge in [0.2, 0.25) is 0 Å². The predicted octanol–water partition coefficient (Wildman–Crippen LogP) is 19.8. The van der Waals surface area contributed by atoms with Crippen LogP contribution >= 0.6 is 0 Å². The number of ether oxygens (including phenoxy) is 1. The minimum absolute atomic E-state index is 0.00943. The molecule has 0 fully saturated rings. The number of nitrogens with zero attached hydrogens (tertiary/aromatic N) is 4. The van der Waals surface area contributed by atoms with E-state index < -0.39 is 29.0 Å². The molecule has 0 spiro atoms. The van der Waals surface area contributed by atoms with Gasteiger partial charge in [-0.3, -0.25) is 4.57 Å². The number of pyridine rings is 1. The second kappa shape index (κ2) is 20.5. The maximum atomic E-state index is 9.99. The molecule has 1 aliphatic rings. The van der Waals surface area contributed by atoms with Gasteiger partial charge in [-0.05, 0) is 135 Å². The zero-order valence-corrected chi connectivity index (χ0v) is 46.2. The highest BCUT2D eigenvalue weighted by molar-refractivity contribution is 6.10. The average molecular weight is 999 g/mol. The van der Waals surface area contributed by atoms with E-state index in [9.17, 15) is 6.85 Å². The topological polar surface area (TPSA) is 33.5 Å². The van der Waals surface area contributed by atoms with E-state index in [0.29, 0.717) is 45.2 Å². The summed E-state index contributed by atoms with van der Waals surface area (Å²) >= 11 is 0. The summed E-state index contributed by atoms with van der Waals surface area (Å²) in [4.78, 5) is 9.27. The molecular weight excluding hydrogens is 913 g/mol. The van der Waals surface area contributed by atoms with Gasteiger partial charge in [0.1, 0.15) is 24.0 Å². The number of hydrogen-bond acceptors (Lipinski definition) is 4. The molecule has 0 saturated heterocycles. The van der Waals surface area contributed by atoms with Crippen LogP contribution in [0.5, 0.6) is 11.5 Å². The Morgan fingerprint density at radius 1 is 0.613 bits per heavy atom. The molecular formula is C70H78N4O. The fraction of sp³-hybridized carbons (Fsp3) is 0.329. The molecule has 1 aliphatic heterocycles. The molecule has 2 aromatic heterocycles. The summed E-state index contributed by atoms with van der Waals surface area (Å²) in [5, 5.41) is 2.35. The highest BCUT2D eigenvalue weighted by Gasteiger charge is 2.32. The van der Waals surface area contributed by atoms with Crippen LogP contribution in [0.15, 0.2) is 164 Å². The van der Waals surface area contributed by atoms with E-state index in [1.165, 1.54) is 35.8 Å². The molecule has 0 unspecified atom stereocenters. The monoisotopic (exact) mass is 999 g/mol. The highest BCUT2D eigenvalue weighted by atomic mass is 16.5. The van der Waals surface area contributed by atoms with Crippen LogP contribution in [0.2, 0.25) is 0 Å². The number of aryl methyl sites for hydroxylation is 1. The molecule has 75 heavy (non-hydrogen) atoms. The maximum Gasteiger partial charge on any atom is 0.137 e. The molecule has 7 aromatic carbocycles. The summed E-state index contributed by atoms with van der Waals surface area (Å²) in [7, 11) is 0. The molecule has 0 bridgehead atoms. The van der Waals surface area contributed by atoms with Gasteiger partial charge < -0.3 is 14.5 Å². The van der Waals surface area contributed by atoms with Gasteiger partial charge in [-0.15, -0.1) is 0 Å². The highest BCUT2D eigenvalue weighted by Crippen LogP contribution is 2.51. The normalized spacial score (nSPS) is 14.6. The summed E-state index contributed by atoms with van der Waals surface area (Å²) in [5.74, 6) is 2.56. The van der Waals surface area contributed by atoms with Crippen molar-refractivity contribution in [2.24, 2.45) is 5.92 Å². The van der Waals surface area contributed by atoms with Gasteiger partial charge in [0, 0.05) is 45.9 Å². The molecule has 10 rings (SSSR count). The molecule has 0 N–H and O–H groups in total. The van der Waals surface area contributed by atoms with Crippen molar-refractivity contribution in [2.45, 2.75) is 138 Å². The molecule has 5 heteroatoms. The summed E-state index contributed by atoms with van der Waals surface area (Å²) in [6.07, 6.45) is 8.52. The van der Waals surface area contributed by atoms with Crippen molar-refractivity contribution < 1.29 is 15.7 Å². The number of benzene rings is 7. The first kappa shape index (κ1) is 42.2. The van der Waals surface area contributed by atoms with E-state index in [1.54, 1.807) is 12.1 Å². The smallest absolute Gasteiger partial charge is 0.137 e. The first-order valence-corrected chi connectivity index (χ1v) is 27.0. The third-order valence-corrected chi connectivity index (χ3v) is 14.5. The Balaban J connectivity index is 1.14. The van der Waals surface area contributed by atoms with E-state index in [-0.39, 0.29) is 47.9 Å². The lowest BCUT2D eigenvalue weighted by Crippen LogP contribution is -2.25. The SMILES string of the molecule is [2H]c1c([2H])c([2H])c(-c2cccc(-c3c([2H])c(C(C)(C)C)c([2H])c(C(C)(C)C)c3[2H])c2N2CN(c3cccc(Oc4cc5c(cc4CC(C)C)c4cc(CCCCCC)ccc4n5-c4cc(C(C)(C)C)ccn4)c3)c3ccccc32)c([2H])c1[2H]. The summed E-state index contributed by atoms with van der Waals surface area (Å²) in [6, 6.07) is 35.3. The predicted molar refractivity (Wildman–Crippen MR) is 320 cm³/mol. The van der Waals surface area contributed by atoms with E-state index >= 15 is 0 Å². The molecule has 5 nitrogen and oxygen atoms in total. The van der Waals surface area contributed by atoms with E-state index in [2.05, 4.69) is 98.4 Å². The van der Waals surface area contributed by atoms with Crippen molar-refractivity contribution in [2.75, 3.05) is 16.5 Å². The Hall–Kier alpha value is -7.11. The lowest BCUT2D eigenvalue weighted by atomic mass is 9.78. The van der Waals surface area contributed by atoms with Crippen LogP contribution < -0.4 is 14.5 Å². The van der Waals surface area contributed by atoms with Crippen LogP contribution in [-0.4, -0.2) is 16.2 Å². The standard InChI is InChI=1S/C70H78N4O/c1-13-14-15-17-24-48-33-34-61-59(38-48)60-41-51(37-47(2)3)65(45-64(60)74(61)66-43-52(35-36-71-66)68(4,5)6)75-56-28-22-27-55(44-56)72-46-73(63-32-21-20-31-62(63)72)67-57(49-25-18-16-19-26-49)29-23-30-58(67)50-39-53(69(7,8)9)42-54(40-50)70(10,11)12/h16,18-23,25-36,38-45,47H,13-15,17,24,37,46H2,1-12H3/i16D,18D,19D,25D,26D,39D,40D,42D. The number of unbranched alkanes of at least 4 members (excludes halogenated alkanes) is 3.